The Hall–Kier alpha value is -2.64. The van der Waals surface area contributed by atoms with E-state index >= 15 is 0 Å². The number of nitrogens with zero attached hydrogens (tertiary/aromatic N) is 3. The van der Waals surface area contributed by atoms with Crippen LogP contribution in [0.4, 0.5) is 5.82 Å². The topological polar surface area (TPSA) is 69.2 Å². The Balaban J connectivity index is 1.72. The number of nitrogens with one attached hydrogen (secondary N) is 1. The van der Waals surface area contributed by atoms with E-state index in [0.717, 1.165) is 48.9 Å². The standard InChI is InChI=1S/C19H17ClN4O2S/c1-10-14(20)8-22-19-15(10)16-17(27-19)18(24-9-23-16)21-7-11-4-12(25-2)6-13(5-11)26-3/h4-6,8-9H,7H2,1-3H3,(H,21,23,24). The molecule has 3 heterocycles. The first-order valence-corrected chi connectivity index (χ1v) is 9.44. The molecule has 0 unspecified atom stereocenters. The van der Waals surface area contributed by atoms with E-state index in [1.165, 1.54) is 0 Å². The fourth-order valence-electron chi connectivity index (χ4n) is 2.94. The molecule has 8 heteroatoms. The number of rotatable bonds is 5. The molecule has 0 fully saturated rings. The van der Waals surface area contributed by atoms with Crippen molar-refractivity contribution in [3.05, 3.63) is 46.9 Å². The summed E-state index contributed by atoms with van der Waals surface area (Å²) in [5, 5.41) is 5.01. The van der Waals surface area contributed by atoms with Crippen molar-refractivity contribution in [2.45, 2.75) is 13.5 Å². The number of fused-ring (bicyclic) bond motifs is 3. The van der Waals surface area contributed by atoms with Crippen molar-refractivity contribution >= 4 is 49.2 Å². The van der Waals surface area contributed by atoms with Gasteiger partial charge in [-0.3, -0.25) is 0 Å². The van der Waals surface area contributed by atoms with Crippen LogP contribution in [0.15, 0.2) is 30.7 Å². The fraction of sp³-hybridized carbons (Fsp3) is 0.211. The number of aromatic nitrogens is 3. The Morgan fingerprint density at radius 1 is 1.07 bits per heavy atom. The largest absolute Gasteiger partial charge is 0.497 e. The van der Waals surface area contributed by atoms with Gasteiger partial charge in [0.25, 0.3) is 0 Å². The molecule has 1 aromatic carbocycles. The second kappa shape index (κ2) is 7.17. The van der Waals surface area contributed by atoms with Gasteiger partial charge >= 0.3 is 0 Å². The third-order valence-corrected chi connectivity index (χ3v) is 5.83. The molecule has 1 N–H and O–H groups in total. The van der Waals surface area contributed by atoms with Crippen molar-refractivity contribution in [3.63, 3.8) is 0 Å². The highest BCUT2D eigenvalue weighted by atomic mass is 35.5. The van der Waals surface area contributed by atoms with E-state index in [4.69, 9.17) is 21.1 Å². The van der Waals surface area contributed by atoms with Gasteiger partial charge in [0.2, 0.25) is 0 Å². The second-order valence-corrected chi connectivity index (χ2v) is 7.39. The number of hydrogen-bond donors (Lipinski definition) is 1. The van der Waals surface area contributed by atoms with Crippen LogP contribution < -0.4 is 14.8 Å². The second-order valence-electron chi connectivity index (χ2n) is 5.99. The molecular formula is C19H17ClN4O2S. The molecule has 0 saturated heterocycles. The lowest BCUT2D eigenvalue weighted by Gasteiger charge is -2.10. The molecule has 3 aromatic heterocycles. The SMILES string of the molecule is COc1cc(CNc2ncnc3c2sc2ncc(Cl)c(C)c23)cc(OC)c1. The normalized spacial score (nSPS) is 11.1. The van der Waals surface area contributed by atoms with Gasteiger partial charge in [-0.1, -0.05) is 11.6 Å². The number of ether oxygens (including phenoxy) is 2. The number of methoxy groups -OCH3 is 2. The monoisotopic (exact) mass is 400 g/mol. The van der Waals surface area contributed by atoms with Gasteiger partial charge < -0.3 is 14.8 Å². The van der Waals surface area contributed by atoms with Gasteiger partial charge in [-0.25, -0.2) is 15.0 Å². The first kappa shape index (κ1) is 17.8. The quantitative estimate of drug-likeness (QED) is 0.517. The Kier molecular flexibility index (Phi) is 4.72. The summed E-state index contributed by atoms with van der Waals surface area (Å²) in [6.07, 6.45) is 3.24. The minimum atomic E-state index is 0.571. The average molecular weight is 401 g/mol. The first-order chi connectivity index (χ1) is 13.1. The molecule has 138 valence electrons. The number of hydrogen-bond acceptors (Lipinski definition) is 7. The number of pyridine rings is 1. The highest BCUT2D eigenvalue weighted by Gasteiger charge is 2.15. The Bertz CT molecular complexity index is 1120. The molecule has 0 amide bonds. The van der Waals surface area contributed by atoms with Crippen molar-refractivity contribution in [2.75, 3.05) is 19.5 Å². The Morgan fingerprint density at radius 3 is 2.52 bits per heavy atom. The van der Waals surface area contributed by atoms with Gasteiger partial charge in [0.15, 0.2) is 0 Å². The predicted molar refractivity (Wildman–Crippen MR) is 109 cm³/mol. The minimum Gasteiger partial charge on any atom is -0.497 e. The summed E-state index contributed by atoms with van der Waals surface area (Å²) >= 11 is 7.80. The van der Waals surface area contributed by atoms with E-state index in [1.807, 2.05) is 25.1 Å². The van der Waals surface area contributed by atoms with Crippen LogP contribution in [-0.2, 0) is 6.54 Å². The summed E-state index contributed by atoms with van der Waals surface area (Å²) in [5.41, 5.74) is 2.87. The summed E-state index contributed by atoms with van der Waals surface area (Å²) in [6, 6.07) is 5.77. The molecule has 0 bridgehead atoms. The van der Waals surface area contributed by atoms with Gasteiger partial charge in [-0.15, -0.1) is 11.3 Å². The summed E-state index contributed by atoms with van der Waals surface area (Å²) in [5.74, 6) is 2.26. The smallest absolute Gasteiger partial charge is 0.147 e. The van der Waals surface area contributed by atoms with E-state index in [0.29, 0.717) is 11.6 Å². The number of anilines is 1. The summed E-state index contributed by atoms with van der Waals surface area (Å²) in [6.45, 7) is 2.55. The maximum Gasteiger partial charge on any atom is 0.147 e. The highest BCUT2D eigenvalue weighted by molar-refractivity contribution is 7.26. The number of aryl methyl sites for hydroxylation is 1. The van der Waals surface area contributed by atoms with Crippen LogP contribution in [0, 0.1) is 6.92 Å². The van der Waals surface area contributed by atoms with E-state index in [-0.39, 0.29) is 0 Å². The Labute approximate surface area is 165 Å². The highest BCUT2D eigenvalue weighted by Crippen LogP contribution is 2.38. The maximum atomic E-state index is 6.24. The van der Waals surface area contributed by atoms with Crippen molar-refractivity contribution in [2.24, 2.45) is 0 Å². The molecule has 27 heavy (non-hydrogen) atoms. The van der Waals surface area contributed by atoms with Crippen molar-refractivity contribution in [1.82, 2.24) is 15.0 Å². The molecule has 6 nitrogen and oxygen atoms in total. The van der Waals surface area contributed by atoms with Crippen LogP contribution in [0.25, 0.3) is 20.4 Å². The molecule has 0 radical (unpaired) electrons. The third-order valence-electron chi connectivity index (χ3n) is 4.35. The zero-order valence-corrected chi connectivity index (χ0v) is 16.6. The van der Waals surface area contributed by atoms with Gasteiger partial charge in [-0.05, 0) is 30.2 Å². The van der Waals surface area contributed by atoms with Crippen LogP contribution >= 0.6 is 22.9 Å². The molecule has 0 aliphatic carbocycles. The van der Waals surface area contributed by atoms with E-state index < -0.39 is 0 Å². The van der Waals surface area contributed by atoms with E-state index in [1.54, 1.807) is 38.1 Å². The minimum absolute atomic E-state index is 0.571. The molecule has 0 aliphatic heterocycles. The number of thiophene rings is 1. The lowest BCUT2D eigenvalue weighted by molar-refractivity contribution is 0.393. The number of halogens is 1. The summed E-state index contributed by atoms with van der Waals surface area (Å²) < 4.78 is 11.6. The molecular weight excluding hydrogens is 384 g/mol. The molecule has 0 atom stereocenters. The van der Waals surface area contributed by atoms with Gasteiger partial charge in [-0.2, -0.15) is 0 Å². The third kappa shape index (κ3) is 3.24. The summed E-state index contributed by atoms with van der Waals surface area (Å²) in [4.78, 5) is 14.2. The fourth-order valence-corrected chi connectivity index (χ4v) is 4.20. The van der Waals surface area contributed by atoms with Crippen LogP contribution in [0.5, 0.6) is 11.5 Å². The van der Waals surface area contributed by atoms with Gasteiger partial charge in [0.1, 0.15) is 28.5 Å². The van der Waals surface area contributed by atoms with Gasteiger partial charge in [0.05, 0.1) is 29.5 Å². The average Bonchev–Trinajstić information content (AvgIpc) is 3.08. The summed E-state index contributed by atoms with van der Waals surface area (Å²) in [7, 11) is 3.27. The van der Waals surface area contributed by atoms with Crippen molar-refractivity contribution in [1.29, 1.82) is 0 Å². The van der Waals surface area contributed by atoms with Crippen LogP contribution in [0.1, 0.15) is 11.1 Å². The molecule has 0 saturated carbocycles. The van der Waals surface area contributed by atoms with Crippen LogP contribution in [-0.4, -0.2) is 29.2 Å². The molecule has 4 aromatic rings. The van der Waals surface area contributed by atoms with Crippen molar-refractivity contribution in [3.8, 4) is 11.5 Å². The Morgan fingerprint density at radius 2 is 1.81 bits per heavy atom. The first-order valence-electron chi connectivity index (χ1n) is 8.25. The molecule has 4 rings (SSSR count). The van der Waals surface area contributed by atoms with Crippen LogP contribution in [0.2, 0.25) is 5.02 Å². The predicted octanol–water partition coefficient (Wildman–Crippen LogP) is 4.83. The lowest BCUT2D eigenvalue weighted by atomic mass is 10.2. The molecule has 0 aliphatic rings. The number of benzene rings is 1. The zero-order chi connectivity index (χ0) is 19.0. The van der Waals surface area contributed by atoms with Crippen LogP contribution in [0.3, 0.4) is 0 Å². The molecule has 0 spiro atoms. The van der Waals surface area contributed by atoms with Gasteiger partial charge in [0, 0.05) is 24.2 Å². The zero-order valence-electron chi connectivity index (χ0n) is 15.0. The van der Waals surface area contributed by atoms with E-state index in [9.17, 15) is 0 Å². The van der Waals surface area contributed by atoms with Crippen molar-refractivity contribution < 1.29 is 9.47 Å². The maximum absolute atomic E-state index is 6.24. The van der Waals surface area contributed by atoms with E-state index in [2.05, 4.69) is 20.3 Å². The lowest BCUT2D eigenvalue weighted by Crippen LogP contribution is -2.02.